The molecule has 13 nitrogen and oxygen atoms in total. The number of hydrazine groups is 1. The number of carboxylic acid groups (broad SMARTS) is 1. The maximum Gasteiger partial charge on any atom is 0.326 e. The first-order valence-electron chi connectivity index (χ1n) is 11.6. The maximum atomic E-state index is 13.3. The number of nitrogens with two attached hydrogens (primary N) is 1. The van der Waals surface area contributed by atoms with Crippen molar-refractivity contribution in [3.8, 4) is 5.75 Å². The Balaban J connectivity index is 2.03. The normalized spacial score (nSPS) is 12.7. The lowest BCUT2D eigenvalue weighted by Crippen LogP contribution is -2.52. The second-order valence-electron chi connectivity index (χ2n) is 8.29. The van der Waals surface area contributed by atoms with Crippen molar-refractivity contribution in [3.05, 3.63) is 75.6 Å². The number of phenolic OH excluding ortho intramolecular Hbond substituents is 1. The summed E-state index contributed by atoms with van der Waals surface area (Å²) in [6.45, 7) is -0.0284. The molecular weight excluding hydrogens is 503 g/mol. The van der Waals surface area contributed by atoms with Gasteiger partial charge in [-0.15, -0.1) is 0 Å². The van der Waals surface area contributed by atoms with E-state index in [9.17, 15) is 39.1 Å². The van der Waals surface area contributed by atoms with E-state index in [2.05, 4.69) is 15.6 Å². The minimum atomic E-state index is -1.33. The van der Waals surface area contributed by atoms with Gasteiger partial charge in [0, 0.05) is 19.4 Å². The Hall–Kier alpha value is -4.75. The molecule has 0 saturated heterocycles. The quantitative estimate of drug-likeness (QED) is 0.0662. The van der Waals surface area contributed by atoms with Gasteiger partial charge in [0.25, 0.3) is 5.96 Å². The lowest BCUT2D eigenvalue weighted by molar-refractivity contribution is -0.525. The Bertz CT molecular complexity index is 1140. The molecule has 2 amide bonds. The van der Waals surface area contributed by atoms with Gasteiger partial charge < -0.3 is 26.6 Å². The molecular formula is C24H29FN6O7. The highest BCUT2D eigenvalue weighted by molar-refractivity contribution is 5.90. The fourth-order valence-corrected chi connectivity index (χ4v) is 3.41. The number of amides is 2. The molecule has 0 aliphatic rings. The third kappa shape index (κ3) is 10.9. The van der Waals surface area contributed by atoms with Crippen LogP contribution in [0, 0.1) is 15.9 Å². The van der Waals surface area contributed by atoms with Crippen LogP contribution >= 0.6 is 0 Å². The van der Waals surface area contributed by atoms with Gasteiger partial charge in [-0.1, -0.05) is 29.7 Å². The first-order chi connectivity index (χ1) is 18.0. The van der Waals surface area contributed by atoms with Crippen molar-refractivity contribution in [2.45, 2.75) is 44.2 Å². The zero-order valence-corrected chi connectivity index (χ0v) is 20.3. The number of nitro groups is 1. The number of aliphatic carboxylic acids is 1. The topological polar surface area (TPSA) is 209 Å². The highest BCUT2D eigenvalue weighted by atomic mass is 19.1. The average Bonchev–Trinajstić information content (AvgIpc) is 2.85. The molecule has 38 heavy (non-hydrogen) atoms. The summed E-state index contributed by atoms with van der Waals surface area (Å²) in [5.74, 6) is -3.37. The number of hydrogen-bond acceptors (Lipinski definition) is 7. The van der Waals surface area contributed by atoms with Gasteiger partial charge in [0.2, 0.25) is 11.8 Å². The predicted molar refractivity (Wildman–Crippen MR) is 134 cm³/mol. The Labute approximate surface area is 217 Å². The molecule has 0 heterocycles. The van der Waals surface area contributed by atoms with Gasteiger partial charge in [0.05, 0.1) is 0 Å². The molecule has 2 rings (SSSR count). The summed E-state index contributed by atoms with van der Waals surface area (Å²) in [4.78, 5) is 51.4. The molecule has 7 N–H and O–H groups in total. The number of rotatable bonds is 14. The second kappa shape index (κ2) is 14.7. The van der Waals surface area contributed by atoms with Crippen molar-refractivity contribution in [3.63, 3.8) is 0 Å². The number of halogens is 1. The van der Waals surface area contributed by atoms with Crippen molar-refractivity contribution in [2.75, 3.05) is 6.54 Å². The SMILES string of the molecule is NC(=NCCC[C@H](NC(=O)[C@@H](Cc1ccc(F)cc1)NC(=O)CCc1ccc(O)cc1)C(=O)O)N[N+](=O)[O-]. The highest BCUT2D eigenvalue weighted by Gasteiger charge is 2.26. The third-order valence-electron chi connectivity index (χ3n) is 5.34. The average molecular weight is 533 g/mol. The van der Waals surface area contributed by atoms with Crippen LogP contribution in [0.4, 0.5) is 4.39 Å². The van der Waals surface area contributed by atoms with Gasteiger partial charge in [0.15, 0.2) is 5.03 Å². The molecule has 0 bridgehead atoms. The number of aryl methyl sites for hydroxylation is 1. The van der Waals surface area contributed by atoms with Crippen molar-refractivity contribution in [2.24, 2.45) is 10.7 Å². The molecule has 0 unspecified atom stereocenters. The molecule has 0 saturated carbocycles. The van der Waals surface area contributed by atoms with E-state index in [0.29, 0.717) is 12.0 Å². The number of aliphatic imine (C=N–C) groups is 1. The van der Waals surface area contributed by atoms with Gasteiger partial charge in [0.1, 0.15) is 23.7 Å². The Morgan fingerprint density at radius 3 is 2.26 bits per heavy atom. The summed E-state index contributed by atoms with van der Waals surface area (Å²) in [6.07, 6.45) is 0.422. The van der Waals surface area contributed by atoms with E-state index in [1.54, 1.807) is 17.6 Å². The number of carbonyl (C=O) groups excluding carboxylic acids is 2. The van der Waals surface area contributed by atoms with E-state index < -0.39 is 46.7 Å². The van der Waals surface area contributed by atoms with Gasteiger partial charge in [-0.3, -0.25) is 9.59 Å². The summed E-state index contributed by atoms with van der Waals surface area (Å²) in [6, 6.07) is 9.14. The zero-order valence-electron chi connectivity index (χ0n) is 20.3. The molecule has 0 aliphatic heterocycles. The number of carboxylic acids is 1. The van der Waals surface area contributed by atoms with E-state index in [1.165, 1.54) is 36.4 Å². The number of aromatic hydroxyl groups is 1. The Kier molecular flexibility index (Phi) is 11.4. The Morgan fingerprint density at radius 1 is 1.03 bits per heavy atom. The van der Waals surface area contributed by atoms with Gasteiger partial charge in [-0.05, 0) is 54.7 Å². The minimum absolute atomic E-state index is 0.0171. The van der Waals surface area contributed by atoms with Crippen LogP contribution in [0.1, 0.15) is 30.4 Å². The molecule has 2 atom stereocenters. The zero-order chi connectivity index (χ0) is 28.1. The van der Waals surface area contributed by atoms with Crippen LogP contribution < -0.4 is 21.8 Å². The molecule has 0 radical (unpaired) electrons. The number of hydrogen-bond donors (Lipinski definition) is 6. The fraction of sp³-hybridized carbons (Fsp3) is 0.333. The Morgan fingerprint density at radius 2 is 1.66 bits per heavy atom. The van der Waals surface area contributed by atoms with Gasteiger partial charge >= 0.3 is 5.97 Å². The minimum Gasteiger partial charge on any atom is -0.508 e. The smallest absolute Gasteiger partial charge is 0.326 e. The first-order valence-corrected chi connectivity index (χ1v) is 11.6. The standard InChI is InChI=1S/C24H29FN6O7/c25-17-8-3-16(4-9-17)14-20(28-21(33)12-7-15-5-10-18(32)11-6-15)22(34)29-19(23(35)36)2-1-13-27-24(26)30-31(37)38/h3-6,8-11,19-20,32H,1-2,7,12-14H2,(H,28,33)(H,29,34)(H,35,36)(H3,26,27,30)/t19-,20+/m0/s1. The number of benzene rings is 2. The van der Waals surface area contributed by atoms with Crippen LogP contribution in [0.5, 0.6) is 5.75 Å². The summed E-state index contributed by atoms with van der Waals surface area (Å²) in [7, 11) is 0. The van der Waals surface area contributed by atoms with Crippen LogP contribution in [0.15, 0.2) is 53.5 Å². The van der Waals surface area contributed by atoms with E-state index >= 15 is 0 Å². The van der Waals surface area contributed by atoms with Crippen molar-refractivity contribution in [1.82, 2.24) is 16.1 Å². The number of guanidine groups is 1. The predicted octanol–water partition coefficient (Wildman–Crippen LogP) is 0.637. The first kappa shape index (κ1) is 29.5. The molecule has 0 fully saturated rings. The maximum absolute atomic E-state index is 13.3. The summed E-state index contributed by atoms with van der Waals surface area (Å²) >= 11 is 0. The van der Waals surface area contributed by atoms with Crippen molar-refractivity contribution in [1.29, 1.82) is 0 Å². The van der Waals surface area contributed by atoms with E-state index in [-0.39, 0.29) is 38.0 Å². The van der Waals surface area contributed by atoms with E-state index in [1.807, 2.05) is 0 Å². The van der Waals surface area contributed by atoms with Crippen LogP contribution in [0.3, 0.4) is 0 Å². The van der Waals surface area contributed by atoms with Crippen molar-refractivity contribution >= 4 is 23.7 Å². The van der Waals surface area contributed by atoms with Crippen LogP contribution in [0.25, 0.3) is 0 Å². The molecule has 2 aromatic rings. The highest BCUT2D eigenvalue weighted by Crippen LogP contribution is 2.12. The lowest BCUT2D eigenvalue weighted by atomic mass is 10.0. The van der Waals surface area contributed by atoms with Crippen LogP contribution in [-0.2, 0) is 27.2 Å². The molecule has 204 valence electrons. The van der Waals surface area contributed by atoms with Crippen molar-refractivity contribution < 1.29 is 34.0 Å². The lowest BCUT2D eigenvalue weighted by Gasteiger charge is -2.22. The van der Waals surface area contributed by atoms with E-state index in [4.69, 9.17) is 5.73 Å². The third-order valence-corrected chi connectivity index (χ3v) is 5.34. The molecule has 0 spiro atoms. The van der Waals surface area contributed by atoms with Crippen LogP contribution in [0.2, 0.25) is 0 Å². The summed E-state index contributed by atoms with van der Waals surface area (Å²) < 4.78 is 13.3. The summed E-state index contributed by atoms with van der Waals surface area (Å²) in [5, 5.41) is 33.4. The second-order valence-corrected chi connectivity index (χ2v) is 8.29. The largest absolute Gasteiger partial charge is 0.508 e. The van der Waals surface area contributed by atoms with Gasteiger partial charge in [-0.2, -0.15) is 0 Å². The number of carbonyl (C=O) groups is 3. The molecule has 14 heteroatoms. The number of phenols is 1. The number of nitrogens with one attached hydrogen (secondary N) is 3. The molecule has 0 aromatic heterocycles. The van der Waals surface area contributed by atoms with E-state index in [0.717, 1.165) is 5.56 Å². The fourth-order valence-electron chi connectivity index (χ4n) is 3.41. The van der Waals surface area contributed by atoms with Gasteiger partial charge in [-0.25, -0.2) is 24.3 Å². The monoisotopic (exact) mass is 532 g/mol. The number of nitrogens with zero attached hydrogens (tertiary/aromatic N) is 2. The molecule has 0 aliphatic carbocycles. The molecule has 2 aromatic carbocycles. The summed E-state index contributed by atoms with van der Waals surface area (Å²) in [5.41, 5.74) is 8.30. The van der Waals surface area contributed by atoms with Crippen LogP contribution in [-0.4, -0.2) is 57.6 Å².